The van der Waals surface area contributed by atoms with E-state index in [0.29, 0.717) is 18.7 Å². The first-order valence-corrected chi connectivity index (χ1v) is 9.46. The van der Waals surface area contributed by atoms with Gasteiger partial charge < -0.3 is 5.32 Å². The van der Waals surface area contributed by atoms with Gasteiger partial charge in [-0.05, 0) is 44.3 Å². The summed E-state index contributed by atoms with van der Waals surface area (Å²) >= 11 is 1.57. The molecule has 0 aliphatic heterocycles. The van der Waals surface area contributed by atoms with Gasteiger partial charge in [0.15, 0.2) is 0 Å². The third-order valence-electron chi connectivity index (χ3n) is 3.12. The van der Waals surface area contributed by atoms with E-state index in [1.165, 1.54) is 12.1 Å². The maximum absolute atomic E-state index is 13.4. The fourth-order valence-corrected chi connectivity index (χ4v) is 3.37. The molecule has 0 radical (unpaired) electrons. The van der Waals surface area contributed by atoms with Crippen molar-refractivity contribution in [2.45, 2.75) is 37.0 Å². The summed E-state index contributed by atoms with van der Waals surface area (Å²) in [6.45, 7) is 7.21. The number of nitrogens with one attached hydrogen (secondary N) is 2. The molecule has 0 atom stereocenters. The van der Waals surface area contributed by atoms with Crippen LogP contribution in [0.1, 0.15) is 26.3 Å². The van der Waals surface area contributed by atoms with E-state index in [2.05, 4.69) is 10.0 Å². The number of thioether (sulfide) groups is 1. The Balaban J connectivity index is 3.03. The minimum atomic E-state index is -3.73. The Kier molecular flexibility index (Phi) is 6.65. The topological polar surface area (TPSA) is 58.2 Å². The molecular weight excluding hydrogens is 311 g/mol. The molecule has 1 aromatic carbocycles. The SMILES string of the molecule is CCNCc1ccc(F)cc1S(=O)(=O)NCC(C)(C)SC. The van der Waals surface area contributed by atoms with Crippen LogP contribution in [0.2, 0.25) is 0 Å². The van der Waals surface area contributed by atoms with Gasteiger partial charge in [-0.15, -0.1) is 0 Å². The van der Waals surface area contributed by atoms with Crippen molar-refractivity contribution in [1.82, 2.24) is 10.0 Å². The van der Waals surface area contributed by atoms with Gasteiger partial charge in [-0.25, -0.2) is 17.5 Å². The predicted octanol–water partition coefficient (Wildman–Crippen LogP) is 2.36. The Bertz CT molecular complexity index is 574. The lowest BCUT2D eigenvalue weighted by molar-refractivity contribution is 0.564. The van der Waals surface area contributed by atoms with Crippen LogP contribution in [-0.4, -0.2) is 32.5 Å². The van der Waals surface area contributed by atoms with Gasteiger partial charge >= 0.3 is 0 Å². The quantitative estimate of drug-likeness (QED) is 0.766. The monoisotopic (exact) mass is 334 g/mol. The third kappa shape index (κ3) is 5.58. The number of rotatable bonds is 8. The summed E-state index contributed by atoms with van der Waals surface area (Å²) in [6, 6.07) is 3.85. The molecule has 1 aromatic rings. The van der Waals surface area contributed by atoms with Crippen LogP contribution in [0.3, 0.4) is 0 Å². The summed E-state index contributed by atoms with van der Waals surface area (Å²) in [5, 5.41) is 3.06. The summed E-state index contributed by atoms with van der Waals surface area (Å²) < 4.78 is 40.6. The number of halogens is 1. The van der Waals surface area contributed by atoms with Crippen LogP contribution in [0.15, 0.2) is 23.1 Å². The van der Waals surface area contributed by atoms with Crippen LogP contribution >= 0.6 is 11.8 Å². The van der Waals surface area contributed by atoms with Crippen molar-refractivity contribution in [3.05, 3.63) is 29.6 Å². The van der Waals surface area contributed by atoms with Crippen molar-refractivity contribution in [3.8, 4) is 0 Å². The lowest BCUT2D eigenvalue weighted by Gasteiger charge is -2.22. The number of benzene rings is 1. The first-order valence-electron chi connectivity index (χ1n) is 6.76. The standard InChI is InChI=1S/C14H23FN2O2S2/c1-5-16-9-11-6-7-12(15)8-13(11)21(18,19)17-10-14(2,3)20-4/h6-8,16-17H,5,9-10H2,1-4H3. The predicted molar refractivity (Wildman–Crippen MR) is 86.6 cm³/mol. The normalized spacial score (nSPS) is 12.6. The molecule has 0 saturated heterocycles. The van der Waals surface area contributed by atoms with Crippen molar-refractivity contribution < 1.29 is 12.8 Å². The molecule has 0 fully saturated rings. The molecule has 1 rings (SSSR count). The van der Waals surface area contributed by atoms with Crippen molar-refractivity contribution in [2.75, 3.05) is 19.3 Å². The molecule has 0 bridgehead atoms. The third-order valence-corrected chi connectivity index (χ3v) is 5.86. The Morgan fingerprint density at radius 1 is 1.33 bits per heavy atom. The fourth-order valence-electron chi connectivity index (χ4n) is 1.60. The van der Waals surface area contributed by atoms with Gasteiger partial charge in [0.1, 0.15) is 5.82 Å². The van der Waals surface area contributed by atoms with Gasteiger partial charge in [-0.1, -0.05) is 13.0 Å². The van der Waals surface area contributed by atoms with Crippen molar-refractivity contribution in [3.63, 3.8) is 0 Å². The Labute approximate surface area is 131 Å². The first-order chi connectivity index (χ1) is 9.72. The van der Waals surface area contributed by atoms with Crippen molar-refractivity contribution in [1.29, 1.82) is 0 Å². The van der Waals surface area contributed by atoms with E-state index < -0.39 is 15.8 Å². The summed E-state index contributed by atoms with van der Waals surface area (Å²) in [4.78, 5) is 0.000327. The van der Waals surface area contributed by atoms with Crippen LogP contribution in [-0.2, 0) is 16.6 Å². The summed E-state index contributed by atoms with van der Waals surface area (Å²) in [5.74, 6) is -0.556. The van der Waals surface area contributed by atoms with E-state index in [0.717, 1.165) is 6.07 Å². The second-order valence-electron chi connectivity index (χ2n) is 5.32. The zero-order valence-corrected chi connectivity index (χ0v) is 14.5. The molecule has 0 saturated carbocycles. The smallest absolute Gasteiger partial charge is 0.241 e. The van der Waals surface area contributed by atoms with Crippen LogP contribution < -0.4 is 10.0 Å². The van der Waals surface area contributed by atoms with E-state index in [1.807, 2.05) is 27.0 Å². The lowest BCUT2D eigenvalue weighted by Crippen LogP contribution is -2.36. The highest BCUT2D eigenvalue weighted by Gasteiger charge is 2.23. The van der Waals surface area contributed by atoms with E-state index in [4.69, 9.17) is 0 Å². The highest BCUT2D eigenvalue weighted by atomic mass is 32.2. The van der Waals surface area contributed by atoms with Gasteiger partial charge in [0.2, 0.25) is 10.0 Å². The van der Waals surface area contributed by atoms with Gasteiger partial charge in [0, 0.05) is 17.8 Å². The van der Waals surface area contributed by atoms with Crippen LogP contribution in [0.25, 0.3) is 0 Å². The van der Waals surface area contributed by atoms with Gasteiger partial charge in [0.05, 0.1) is 4.90 Å². The minimum Gasteiger partial charge on any atom is -0.313 e. The molecule has 0 aromatic heterocycles. The maximum Gasteiger partial charge on any atom is 0.241 e. The summed E-state index contributed by atoms with van der Waals surface area (Å²) in [5.41, 5.74) is 0.563. The van der Waals surface area contributed by atoms with Gasteiger partial charge in [-0.3, -0.25) is 0 Å². The largest absolute Gasteiger partial charge is 0.313 e. The van der Waals surface area contributed by atoms with Crippen molar-refractivity contribution >= 4 is 21.8 Å². The Morgan fingerprint density at radius 2 is 2.00 bits per heavy atom. The summed E-state index contributed by atoms with van der Waals surface area (Å²) in [7, 11) is -3.73. The number of sulfonamides is 1. The van der Waals surface area contributed by atoms with E-state index >= 15 is 0 Å². The molecule has 2 N–H and O–H groups in total. The molecule has 21 heavy (non-hydrogen) atoms. The van der Waals surface area contributed by atoms with Crippen LogP contribution in [0, 0.1) is 5.82 Å². The molecule has 0 spiro atoms. The zero-order valence-electron chi connectivity index (χ0n) is 12.9. The highest BCUT2D eigenvalue weighted by molar-refractivity contribution is 8.00. The summed E-state index contributed by atoms with van der Waals surface area (Å²) in [6.07, 6.45) is 1.92. The van der Waals surface area contributed by atoms with Crippen LogP contribution in [0.4, 0.5) is 4.39 Å². The van der Waals surface area contributed by atoms with E-state index in [9.17, 15) is 12.8 Å². The van der Waals surface area contributed by atoms with Gasteiger partial charge in [-0.2, -0.15) is 11.8 Å². The second-order valence-corrected chi connectivity index (χ2v) is 8.57. The second kappa shape index (κ2) is 7.58. The molecule has 0 heterocycles. The average Bonchev–Trinajstić information content (AvgIpc) is 2.44. The fraction of sp³-hybridized carbons (Fsp3) is 0.571. The molecule has 0 aliphatic rings. The van der Waals surface area contributed by atoms with Gasteiger partial charge in [0.25, 0.3) is 0 Å². The van der Waals surface area contributed by atoms with E-state index in [-0.39, 0.29) is 16.2 Å². The Hall–Kier alpha value is -0.630. The number of hydrogen-bond donors (Lipinski definition) is 2. The zero-order chi connectivity index (χ0) is 16.1. The van der Waals surface area contributed by atoms with E-state index in [1.54, 1.807) is 11.8 Å². The first kappa shape index (κ1) is 18.4. The lowest BCUT2D eigenvalue weighted by atomic mass is 10.2. The van der Waals surface area contributed by atoms with Crippen molar-refractivity contribution in [2.24, 2.45) is 0 Å². The average molecular weight is 334 g/mol. The molecule has 120 valence electrons. The molecule has 0 unspecified atom stereocenters. The highest BCUT2D eigenvalue weighted by Crippen LogP contribution is 2.22. The number of hydrogen-bond acceptors (Lipinski definition) is 4. The Morgan fingerprint density at radius 3 is 2.57 bits per heavy atom. The molecule has 4 nitrogen and oxygen atoms in total. The maximum atomic E-state index is 13.4. The molecular formula is C14H23FN2O2S2. The molecule has 0 amide bonds. The molecule has 0 aliphatic carbocycles. The van der Waals surface area contributed by atoms with Crippen LogP contribution in [0.5, 0.6) is 0 Å². The minimum absolute atomic E-state index is 0.000327. The molecule has 7 heteroatoms.